The number of hydrogen-bond donors (Lipinski definition) is 2. The Labute approximate surface area is 227 Å². The summed E-state index contributed by atoms with van der Waals surface area (Å²) in [6.07, 6.45) is 7.41. The van der Waals surface area contributed by atoms with E-state index in [4.69, 9.17) is 4.74 Å². The number of para-hydroxylation sites is 1. The number of nitrogens with one attached hydrogen (secondary N) is 2. The predicted molar refractivity (Wildman–Crippen MR) is 147 cm³/mol. The van der Waals surface area contributed by atoms with Gasteiger partial charge in [-0.1, -0.05) is 24.8 Å². The minimum absolute atomic E-state index is 0.147. The number of likely N-dealkylation sites (tertiary alicyclic amines) is 1. The van der Waals surface area contributed by atoms with Gasteiger partial charge in [0.1, 0.15) is 15.5 Å². The molecule has 6 rings (SSSR count). The van der Waals surface area contributed by atoms with Crippen LogP contribution < -0.4 is 20.3 Å². The monoisotopic (exact) mass is 541 g/mol. The van der Waals surface area contributed by atoms with Gasteiger partial charge in [0.2, 0.25) is 5.91 Å². The smallest absolute Gasteiger partial charge is 0.331 e. The highest BCUT2D eigenvalue weighted by Crippen LogP contribution is 2.45. The second kappa shape index (κ2) is 10.1. The van der Waals surface area contributed by atoms with Gasteiger partial charge in [-0.2, -0.15) is 0 Å². The summed E-state index contributed by atoms with van der Waals surface area (Å²) in [6, 6.07) is 10.4. The largest absolute Gasteiger partial charge is 0.424 e. The highest BCUT2D eigenvalue weighted by molar-refractivity contribution is 7.21. The van der Waals surface area contributed by atoms with Crippen LogP contribution >= 0.6 is 11.3 Å². The summed E-state index contributed by atoms with van der Waals surface area (Å²) in [5.41, 5.74) is 1.41. The number of piperidine rings is 1. The van der Waals surface area contributed by atoms with Crippen molar-refractivity contribution >= 4 is 56.5 Å². The van der Waals surface area contributed by atoms with Gasteiger partial charge in [-0.3, -0.25) is 14.5 Å². The molecule has 2 aliphatic rings. The highest BCUT2D eigenvalue weighted by atomic mass is 32.1. The standard InChI is InChI=1S/C27H23N7O4S/c1-2-20(35)33-12-6-7-16(15-33)31-24(36)23-22-21-19(10-11-28-25(21)39-23)34(27(37)32-22)17-13-29-26(30-14-17)38-18-8-4-3-5-9-18/h2-5,8-11,13-14,16H,1,6-7,12,15H2,(H,31,36)(H,32,37). The number of rotatable bonds is 6. The molecule has 4 aromatic rings. The Bertz CT molecular complexity index is 1590. The fraction of sp³-hybridized carbons (Fsp3) is 0.185. The zero-order valence-electron chi connectivity index (χ0n) is 20.7. The van der Waals surface area contributed by atoms with Gasteiger partial charge in [0, 0.05) is 25.3 Å². The molecule has 1 fully saturated rings. The number of ether oxygens (including phenoxy) is 1. The summed E-state index contributed by atoms with van der Waals surface area (Å²) >= 11 is 1.20. The molecule has 1 aromatic carbocycles. The van der Waals surface area contributed by atoms with Crippen LogP contribution in [0.1, 0.15) is 22.5 Å². The first-order chi connectivity index (χ1) is 19.0. The number of aromatic nitrogens is 3. The van der Waals surface area contributed by atoms with Crippen molar-refractivity contribution in [2.24, 2.45) is 0 Å². The summed E-state index contributed by atoms with van der Waals surface area (Å²) < 4.78 is 5.66. The Morgan fingerprint density at radius 2 is 1.95 bits per heavy atom. The van der Waals surface area contributed by atoms with Crippen LogP contribution in [0.2, 0.25) is 0 Å². The fourth-order valence-electron chi connectivity index (χ4n) is 4.75. The molecular weight excluding hydrogens is 518 g/mol. The van der Waals surface area contributed by atoms with Crippen molar-refractivity contribution in [1.82, 2.24) is 25.2 Å². The zero-order chi connectivity index (χ0) is 26.9. The number of thiophene rings is 1. The molecule has 1 unspecified atom stereocenters. The average molecular weight is 542 g/mol. The van der Waals surface area contributed by atoms with Gasteiger partial charge in [0.05, 0.1) is 34.8 Å². The second-order valence-corrected chi connectivity index (χ2v) is 10.0. The van der Waals surface area contributed by atoms with E-state index in [-0.39, 0.29) is 23.9 Å². The van der Waals surface area contributed by atoms with Crippen molar-refractivity contribution in [2.45, 2.75) is 18.9 Å². The molecule has 0 radical (unpaired) electrons. The summed E-state index contributed by atoms with van der Waals surface area (Å²) in [4.78, 5) is 55.7. The number of benzene rings is 1. The first-order valence-corrected chi connectivity index (χ1v) is 13.1. The van der Waals surface area contributed by atoms with Crippen LogP contribution in [-0.4, -0.2) is 56.8 Å². The third kappa shape index (κ3) is 4.66. The first kappa shape index (κ1) is 24.5. The molecule has 0 spiro atoms. The number of urea groups is 1. The van der Waals surface area contributed by atoms with Gasteiger partial charge in [-0.15, -0.1) is 11.3 Å². The fourth-order valence-corrected chi connectivity index (χ4v) is 5.77. The lowest BCUT2D eigenvalue weighted by Crippen LogP contribution is -2.49. The van der Waals surface area contributed by atoms with Gasteiger partial charge in [0.25, 0.3) is 5.91 Å². The van der Waals surface area contributed by atoms with E-state index in [0.717, 1.165) is 12.8 Å². The first-order valence-electron chi connectivity index (χ1n) is 12.3. The van der Waals surface area contributed by atoms with Crippen molar-refractivity contribution in [3.63, 3.8) is 0 Å². The molecule has 0 saturated carbocycles. The summed E-state index contributed by atoms with van der Waals surface area (Å²) in [5.74, 6) is 0.117. The molecule has 196 valence electrons. The lowest BCUT2D eigenvalue weighted by Gasteiger charge is -2.32. The lowest BCUT2D eigenvalue weighted by atomic mass is 10.1. The van der Waals surface area contributed by atoms with E-state index in [2.05, 4.69) is 32.2 Å². The number of anilines is 3. The molecule has 3 aromatic heterocycles. The minimum atomic E-state index is -0.455. The molecule has 2 aliphatic heterocycles. The van der Waals surface area contributed by atoms with Gasteiger partial charge in [-0.25, -0.2) is 19.7 Å². The van der Waals surface area contributed by atoms with Gasteiger partial charge >= 0.3 is 12.0 Å². The Morgan fingerprint density at radius 3 is 2.72 bits per heavy atom. The third-order valence-electron chi connectivity index (χ3n) is 6.52. The van der Waals surface area contributed by atoms with Crippen molar-refractivity contribution < 1.29 is 19.1 Å². The van der Waals surface area contributed by atoms with Gasteiger partial charge in [0.15, 0.2) is 0 Å². The van der Waals surface area contributed by atoms with E-state index < -0.39 is 6.03 Å². The van der Waals surface area contributed by atoms with E-state index in [1.54, 1.807) is 29.3 Å². The third-order valence-corrected chi connectivity index (χ3v) is 7.62. The molecule has 2 N–H and O–H groups in total. The van der Waals surface area contributed by atoms with Crippen LogP contribution in [0, 0.1) is 0 Å². The van der Waals surface area contributed by atoms with Crippen molar-refractivity contribution in [2.75, 3.05) is 23.3 Å². The quantitative estimate of drug-likeness (QED) is 0.345. The van der Waals surface area contributed by atoms with E-state index in [9.17, 15) is 14.4 Å². The number of carbonyl (C=O) groups is 3. The molecule has 1 saturated heterocycles. The number of nitrogens with zero attached hydrogens (tertiary/aromatic N) is 5. The number of pyridine rings is 1. The zero-order valence-corrected chi connectivity index (χ0v) is 21.5. The van der Waals surface area contributed by atoms with E-state index in [0.29, 0.717) is 51.0 Å². The van der Waals surface area contributed by atoms with Crippen LogP contribution in [0.15, 0.2) is 67.6 Å². The Morgan fingerprint density at radius 1 is 1.15 bits per heavy atom. The maximum atomic E-state index is 13.3. The Kier molecular flexibility index (Phi) is 6.37. The molecule has 0 aliphatic carbocycles. The molecule has 5 heterocycles. The second-order valence-electron chi connectivity index (χ2n) is 9.02. The summed E-state index contributed by atoms with van der Waals surface area (Å²) in [6.45, 7) is 4.58. The van der Waals surface area contributed by atoms with Crippen LogP contribution in [0.25, 0.3) is 10.2 Å². The average Bonchev–Trinajstić information content (AvgIpc) is 3.33. The molecule has 4 amide bonds. The van der Waals surface area contributed by atoms with Crippen LogP contribution in [0.4, 0.5) is 21.9 Å². The molecular formula is C27H23N7O4S. The maximum absolute atomic E-state index is 13.3. The lowest BCUT2D eigenvalue weighted by molar-refractivity contribution is -0.127. The normalized spacial score (nSPS) is 16.5. The summed E-state index contributed by atoms with van der Waals surface area (Å²) in [7, 11) is 0. The Balaban J connectivity index is 1.27. The van der Waals surface area contributed by atoms with Gasteiger partial charge < -0.3 is 20.3 Å². The van der Waals surface area contributed by atoms with Crippen LogP contribution in [0.3, 0.4) is 0 Å². The predicted octanol–water partition coefficient (Wildman–Crippen LogP) is 4.47. The van der Waals surface area contributed by atoms with E-state index in [1.165, 1.54) is 34.7 Å². The molecule has 1 atom stereocenters. The van der Waals surface area contributed by atoms with Crippen molar-refractivity contribution in [1.29, 1.82) is 0 Å². The minimum Gasteiger partial charge on any atom is -0.424 e. The van der Waals surface area contributed by atoms with Crippen LogP contribution in [0.5, 0.6) is 11.8 Å². The van der Waals surface area contributed by atoms with Crippen LogP contribution in [-0.2, 0) is 4.79 Å². The summed E-state index contributed by atoms with van der Waals surface area (Å²) in [5, 5.41) is 6.54. The number of amides is 4. The van der Waals surface area contributed by atoms with Crippen molar-refractivity contribution in [3.8, 4) is 11.8 Å². The van der Waals surface area contributed by atoms with E-state index >= 15 is 0 Å². The number of carbonyl (C=O) groups excluding carboxylic acids is 3. The maximum Gasteiger partial charge on any atom is 0.331 e. The molecule has 12 heteroatoms. The van der Waals surface area contributed by atoms with Crippen molar-refractivity contribution in [3.05, 3.63) is 72.5 Å². The topological polar surface area (TPSA) is 130 Å². The van der Waals surface area contributed by atoms with Gasteiger partial charge in [-0.05, 0) is 37.1 Å². The van der Waals surface area contributed by atoms with E-state index in [1.807, 2.05) is 18.2 Å². The molecule has 11 nitrogen and oxygen atoms in total. The SMILES string of the molecule is C=CC(=O)N1CCCC(NC(=O)c2sc3nccc4c3c2NC(=O)N4c2cnc(Oc3ccccc3)nc2)C1. The molecule has 39 heavy (non-hydrogen) atoms. The Hall–Kier alpha value is -4.84. The highest BCUT2D eigenvalue weighted by Gasteiger charge is 2.34. The molecule has 0 bridgehead atoms. The number of hydrogen-bond acceptors (Lipinski definition) is 8.